The molecular formula is C13Cl2F10S2. The molecule has 0 unspecified atom stereocenters. The van der Waals surface area contributed by atoms with Gasteiger partial charge < -0.3 is 0 Å². The SMILES string of the molecule is Fc1c(F)c(F)c(SC(Cl)(Cl)Sc2c(F)c(F)c(F)c(F)c2F)c(F)c1F. The van der Waals surface area contributed by atoms with Crippen molar-refractivity contribution in [2.24, 2.45) is 0 Å². The number of benzene rings is 2. The Kier molecular flexibility index (Phi) is 6.45. The maximum absolute atomic E-state index is 13.6. The van der Waals surface area contributed by atoms with Gasteiger partial charge in [0.1, 0.15) is 0 Å². The molecule has 0 fully saturated rings. The van der Waals surface area contributed by atoms with Crippen molar-refractivity contribution in [2.75, 3.05) is 0 Å². The number of alkyl halides is 2. The lowest BCUT2D eigenvalue weighted by molar-refractivity contribution is 0.360. The van der Waals surface area contributed by atoms with E-state index in [-0.39, 0.29) is 0 Å². The molecule has 0 radical (unpaired) electrons. The smallest absolute Gasteiger partial charge is 0.202 e. The number of thioether (sulfide) groups is 2. The van der Waals surface area contributed by atoms with Crippen LogP contribution in [-0.4, -0.2) is 3.00 Å². The molecule has 0 amide bonds. The Bertz CT molecular complexity index is 803. The summed E-state index contributed by atoms with van der Waals surface area (Å²) < 4.78 is 130. The minimum Gasteiger partial charge on any atom is -0.202 e. The van der Waals surface area contributed by atoms with E-state index in [1.54, 1.807) is 0 Å². The molecule has 0 heterocycles. The van der Waals surface area contributed by atoms with E-state index in [4.69, 9.17) is 23.2 Å². The molecule has 2 aromatic rings. The highest BCUT2D eigenvalue weighted by Crippen LogP contribution is 2.54. The van der Waals surface area contributed by atoms with Gasteiger partial charge in [-0.25, -0.2) is 43.9 Å². The lowest BCUT2D eigenvalue weighted by atomic mass is 10.3. The van der Waals surface area contributed by atoms with E-state index in [1.807, 2.05) is 0 Å². The van der Waals surface area contributed by atoms with Crippen molar-refractivity contribution in [3.63, 3.8) is 0 Å². The zero-order chi connectivity index (χ0) is 20.8. The summed E-state index contributed by atoms with van der Waals surface area (Å²) in [4.78, 5) is -3.26. The highest BCUT2D eigenvalue weighted by molar-refractivity contribution is 8.22. The van der Waals surface area contributed by atoms with Gasteiger partial charge in [0.05, 0.1) is 9.79 Å². The number of hydrogen-bond donors (Lipinski definition) is 0. The standard InChI is InChI=1S/C13Cl2F10S2/c14-13(15,26-11-7(22)3(18)1(16)4(19)8(11)23)27-12-9(24)5(20)2(17)6(21)10(12)25. The quantitative estimate of drug-likeness (QED) is 0.115. The summed E-state index contributed by atoms with van der Waals surface area (Å²) in [7, 11) is 0. The number of halogens is 12. The van der Waals surface area contributed by atoms with Crippen LogP contribution in [0.4, 0.5) is 43.9 Å². The second-order valence-corrected chi connectivity index (χ2v) is 9.40. The third-order valence-electron chi connectivity index (χ3n) is 2.78. The molecule has 0 nitrogen and oxygen atoms in total. The maximum Gasteiger partial charge on any atom is 0.218 e. The Hall–Kier alpha value is -0.980. The van der Waals surface area contributed by atoms with Gasteiger partial charge in [0.25, 0.3) is 0 Å². The van der Waals surface area contributed by atoms with Crippen LogP contribution in [0.5, 0.6) is 0 Å². The molecule has 0 aromatic heterocycles. The van der Waals surface area contributed by atoms with E-state index in [2.05, 4.69) is 0 Å². The normalized spacial score (nSPS) is 12.0. The fourth-order valence-electron chi connectivity index (χ4n) is 1.61. The van der Waals surface area contributed by atoms with Crippen molar-refractivity contribution in [1.29, 1.82) is 0 Å². The van der Waals surface area contributed by atoms with Crippen LogP contribution in [-0.2, 0) is 0 Å². The van der Waals surface area contributed by atoms with Gasteiger partial charge in [-0.2, -0.15) is 0 Å². The third kappa shape index (κ3) is 4.08. The van der Waals surface area contributed by atoms with Crippen LogP contribution in [0.1, 0.15) is 0 Å². The van der Waals surface area contributed by atoms with E-state index in [0.29, 0.717) is 0 Å². The molecule has 0 aliphatic rings. The molecule has 2 rings (SSSR count). The van der Waals surface area contributed by atoms with E-state index in [1.165, 1.54) is 0 Å². The second-order valence-electron chi connectivity index (χ2n) is 4.47. The first-order valence-electron chi connectivity index (χ1n) is 6.08. The van der Waals surface area contributed by atoms with Crippen LogP contribution in [0.15, 0.2) is 9.79 Å². The van der Waals surface area contributed by atoms with E-state index >= 15 is 0 Å². The van der Waals surface area contributed by atoms with Crippen LogP contribution >= 0.6 is 46.7 Å². The van der Waals surface area contributed by atoms with Crippen LogP contribution in [0.25, 0.3) is 0 Å². The lowest BCUT2D eigenvalue weighted by Gasteiger charge is -2.20. The predicted octanol–water partition coefficient (Wildman–Crippen LogP) is 7.05. The molecule has 0 spiro atoms. The van der Waals surface area contributed by atoms with Crippen molar-refractivity contribution in [3.8, 4) is 0 Å². The first kappa shape index (κ1) is 22.3. The maximum atomic E-state index is 13.6. The molecule has 0 aliphatic carbocycles. The highest BCUT2D eigenvalue weighted by atomic mass is 35.5. The molecular weight excluding hydrogens is 481 g/mol. The van der Waals surface area contributed by atoms with Crippen LogP contribution < -0.4 is 0 Å². The zero-order valence-corrected chi connectivity index (χ0v) is 15.0. The van der Waals surface area contributed by atoms with Crippen LogP contribution in [0, 0.1) is 58.2 Å². The Morgan fingerprint density at radius 1 is 0.407 bits per heavy atom. The fraction of sp³-hybridized carbons (Fsp3) is 0.0769. The van der Waals surface area contributed by atoms with Gasteiger partial charge in [0.2, 0.25) is 14.6 Å². The number of rotatable bonds is 4. The third-order valence-corrected chi connectivity index (χ3v) is 5.81. The van der Waals surface area contributed by atoms with Gasteiger partial charge in [0, 0.05) is 0 Å². The van der Waals surface area contributed by atoms with Gasteiger partial charge in [-0.05, 0) is 0 Å². The van der Waals surface area contributed by atoms with E-state index in [9.17, 15) is 43.9 Å². The highest BCUT2D eigenvalue weighted by Gasteiger charge is 2.38. The van der Waals surface area contributed by atoms with Crippen molar-refractivity contribution in [2.45, 2.75) is 12.8 Å². The Balaban J connectivity index is 2.49. The molecule has 27 heavy (non-hydrogen) atoms. The molecule has 0 saturated heterocycles. The largest absolute Gasteiger partial charge is 0.218 e. The Morgan fingerprint density at radius 2 is 0.593 bits per heavy atom. The number of hydrogen-bond acceptors (Lipinski definition) is 2. The summed E-state index contributed by atoms with van der Waals surface area (Å²) >= 11 is 10.0. The van der Waals surface area contributed by atoms with Crippen molar-refractivity contribution in [1.82, 2.24) is 0 Å². The molecule has 0 saturated carbocycles. The van der Waals surface area contributed by atoms with Crippen molar-refractivity contribution < 1.29 is 43.9 Å². The van der Waals surface area contributed by atoms with E-state index < -0.39 is 94.5 Å². The Morgan fingerprint density at radius 3 is 0.815 bits per heavy atom. The average Bonchev–Trinajstić information content (AvgIpc) is 2.62. The first-order chi connectivity index (χ1) is 12.3. The molecule has 0 bridgehead atoms. The predicted molar refractivity (Wildman–Crippen MR) is 78.6 cm³/mol. The van der Waals surface area contributed by atoms with Gasteiger partial charge >= 0.3 is 0 Å². The minimum absolute atomic E-state index is 0.511. The minimum atomic E-state index is -2.86. The molecule has 0 atom stereocenters. The van der Waals surface area contributed by atoms with Gasteiger partial charge in [0.15, 0.2) is 46.5 Å². The van der Waals surface area contributed by atoms with Crippen LogP contribution in [0.3, 0.4) is 0 Å². The fourth-order valence-corrected chi connectivity index (χ4v) is 4.39. The summed E-state index contributed by atoms with van der Waals surface area (Å²) in [5.74, 6) is -23.9. The Labute approximate surface area is 161 Å². The molecule has 2 aromatic carbocycles. The van der Waals surface area contributed by atoms with Gasteiger partial charge in [-0.15, -0.1) is 0 Å². The molecule has 148 valence electrons. The van der Waals surface area contributed by atoms with Gasteiger partial charge in [-0.3, -0.25) is 0 Å². The summed E-state index contributed by atoms with van der Waals surface area (Å²) in [6.07, 6.45) is 0. The zero-order valence-electron chi connectivity index (χ0n) is 11.9. The van der Waals surface area contributed by atoms with Gasteiger partial charge in [-0.1, -0.05) is 46.7 Å². The molecule has 0 aliphatic heterocycles. The summed E-state index contributed by atoms with van der Waals surface area (Å²) in [6, 6.07) is 0. The van der Waals surface area contributed by atoms with Crippen molar-refractivity contribution >= 4 is 46.7 Å². The average molecular weight is 481 g/mol. The van der Waals surface area contributed by atoms with Crippen LogP contribution in [0.2, 0.25) is 0 Å². The summed E-state index contributed by atoms with van der Waals surface area (Å²) in [6.45, 7) is 0. The van der Waals surface area contributed by atoms with Crippen molar-refractivity contribution in [3.05, 3.63) is 58.2 Å². The first-order valence-corrected chi connectivity index (χ1v) is 8.47. The lowest BCUT2D eigenvalue weighted by Crippen LogP contribution is -2.10. The monoisotopic (exact) mass is 480 g/mol. The second kappa shape index (κ2) is 7.80. The van der Waals surface area contributed by atoms with E-state index in [0.717, 1.165) is 0 Å². The molecule has 14 heteroatoms. The molecule has 0 N–H and O–H groups in total. The summed E-state index contributed by atoms with van der Waals surface area (Å²) in [5, 5.41) is 0. The summed E-state index contributed by atoms with van der Waals surface area (Å²) in [5.41, 5.74) is 0. The topological polar surface area (TPSA) is 0 Å².